The van der Waals surface area contributed by atoms with Crippen molar-refractivity contribution in [2.45, 2.75) is 13.8 Å². The van der Waals surface area contributed by atoms with E-state index >= 15 is 0 Å². The second kappa shape index (κ2) is 6.27. The maximum atomic E-state index is 12.1. The highest BCUT2D eigenvalue weighted by molar-refractivity contribution is 7.09. The van der Waals surface area contributed by atoms with Gasteiger partial charge in [0.2, 0.25) is 5.13 Å². The Kier molecular flexibility index (Phi) is 4.43. The van der Waals surface area contributed by atoms with Crippen molar-refractivity contribution in [1.29, 1.82) is 0 Å². The first kappa shape index (κ1) is 14.9. The van der Waals surface area contributed by atoms with Gasteiger partial charge in [0.25, 0.3) is 11.6 Å². The minimum Gasteiger partial charge on any atom is -0.380 e. The van der Waals surface area contributed by atoms with Crippen molar-refractivity contribution >= 4 is 33.9 Å². The Bertz CT molecular complexity index is 685. The van der Waals surface area contributed by atoms with Gasteiger partial charge >= 0.3 is 0 Å². The van der Waals surface area contributed by atoms with Gasteiger partial charge in [-0.3, -0.25) is 20.2 Å². The fourth-order valence-corrected chi connectivity index (χ4v) is 2.25. The van der Waals surface area contributed by atoms with E-state index in [2.05, 4.69) is 20.0 Å². The van der Waals surface area contributed by atoms with Crippen LogP contribution < -0.4 is 10.6 Å². The van der Waals surface area contributed by atoms with E-state index in [0.717, 1.165) is 11.5 Å². The topological polar surface area (TPSA) is 110 Å². The minimum absolute atomic E-state index is 0.141. The highest BCUT2D eigenvalue weighted by atomic mass is 32.1. The zero-order valence-electron chi connectivity index (χ0n) is 11.4. The average molecular weight is 307 g/mol. The molecule has 0 radical (unpaired) electrons. The maximum Gasteiger partial charge on any atom is 0.293 e. The van der Waals surface area contributed by atoms with Gasteiger partial charge in [-0.1, -0.05) is 0 Å². The summed E-state index contributed by atoms with van der Waals surface area (Å²) in [5, 5.41) is 16.8. The molecule has 2 rings (SSSR count). The summed E-state index contributed by atoms with van der Waals surface area (Å²) in [6.07, 6.45) is 0. The fourth-order valence-electron chi connectivity index (χ4n) is 1.68. The molecule has 0 bridgehead atoms. The van der Waals surface area contributed by atoms with Gasteiger partial charge in [-0.05, 0) is 26.0 Å². The SMILES string of the molecule is CCNc1ccc(C(=O)Nc2nc(C)ns2)cc1[N+](=O)[O-]. The van der Waals surface area contributed by atoms with E-state index in [1.165, 1.54) is 18.2 Å². The number of anilines is 2. The van der Waals surface area contributed by atoms with Crippen molar-refractivity contribution in [1.82, 2.24) is 9.36 Å². The van der Waals surface area contributed by atoms with Crippen LogP contribution in [0.3, 0.4) is 0 Å². The molecule has 1 amide bonds. The molecule has 1 aromatic carbocycles. The number of aromatic nitrogens is 2. The van der Waals surface area contributed by atoms with Crippen LogP contribution in [0.5, 0.6) is 0 Å². The predicted molar refractivity (Wildman–Crippen MR) is 79.9 cm³/mol. The third-order valence-electron chi connectivity index (χ3n) is 2.57. The number of nitro benzene ring substituents is 1. The highest BCUT2D eigenvalue weighted by Gasteiger charge is 2.18. The van der Waals surface area contributed by atoms with Crippen LogP contribution in [0.15, 0.2) is 18.2 Å². The van der Waals surface area contributed by atoms with Crippen LogP contribution in [0.1, 0.15) is 23.1 Å². The van der Waals surface area contributed by atoms with E-state index < -0.39 is 10.8 Å². The first-order valence-electron chi connectivity index (χ1n) is 6.15. The Labute approximate surface area is 124 Å². The van der Waals surface area contributed by atoms with E-state index in [1.807, 2.05) is 6.92 Å². The molecular weight excluding hydrogens is 294 g/mol. The molecule has 0 atom stereocenters. The number of aryl methyl sites for hydroxylation is 1. The predicted octanol–water partition coefficient (Wildman–Crippen LogP) is 2.44. The maximum absolute atomic E-state index is 12.1. The number of rotatable bonds is 5. The lowest BCUT2D eigenvalue weighted by molar-refractivity contribution is -0.384. The Hall–Kier alpha value is -2.55. The third-order valence-corrected chi connectivity index (χ3v) is 3.29. The van der Waals surface area contributed by atoms with Crippen molar-refractivity contribution in [3.8, 4) is 0 Å². The summed E-state index contributed by atoms with van der Waals surface area (Å²) in [6, 6.07) is 4.28. The van der Waals surface area contributed by atoms with Crippen molar-refractivity contribution in [2.75, 3.05) is 17.2 Å². The van der Waals surface area contributed by atoms with Gasteiger partial charge in [-0.15, -0.1) is 0 Å². The normalized spacial score (nSPS) is 10.2. The first-order chi connectivity index (χ1) is 10.0. The van der Waals surface area contributed by atoms with Crippen LogP contribution in [0, 0.1) is 17.0 Å². The van der Waals surface area contributed by atoms with E-state index in [4.69, 9.17) is 0 Å². The molecule has 0 unspecified atom stereocenters. The molecule has 0 aliphatic carbocycles. The molecule has 110 valence electrons. The highest BCUT2D eigenvalue weighted by Crippen LogP contribution is 2.26. The number of nitrogens with zero attached hydrogens (tertiary/aromatic N) is 3. The smallest absolute Gasteiger partial charge is 0.293 e. The van der Waals surface area contributed by atoms with Crippen molar-refractivity contribution in [2.24, 2.45) is 0 Å². The van der Waals surface area contributed by atoms with Crippen LogP contribution in [0.25, 0.3) is 0 Å². The van der Waals surface area contributed by atoms with Crippen LogP contribution in [0.4, 0.5) is 16.5 Å². The zero-order chi connectivity index (χ0) is 15.4. The molecule has 0 spiro atoms. The van der Waals surface area contributed by atoms with Gasteiger partial charge in [-0.2, -0.15) is 4.37 Å². The average Bonchev–Trinajstić information content (AvgIpc) is 2.84. The first-order valence-corrected chi connectivity index (χ1v) is 6.92. The number of nitrogens with one attached hydrogen (secondary N) is 2. The van der Waals surface area contributed by atoms with Crippen molar-refractivity contribution in [3.63, 3.8) is 0 Å². The monoisotopic (exact) mass is 307 g/mol. The van der Waals surface area contributed by atoms with Gasteiger partial charge in [0.1, 0.15) is 11.5 Å². The van der Waals surface area contributed by atoms with E-state index in [9.17, 15) is 14.9 Å². The quantitative estimate of drug-likeness (QED) is 0.648. The van der Waals surface area contributed by atoms with Crippen LogP contribution in [-0.2, 0) is 0 Å². The number of carbonyl (C=O) groups is 1. The lowest BCUT2D eigenvalue weighted by atomic mass is 10.1. The summed E-state index contributed by atoms with van der Waals surface area (Å²) >= 11 is 1.06. The van der Waals surface area contributed by atoms with Crippen LogP contribution in [0.2, 0.25) is 0 Å². The Morgan fingerprint density at radius 3 is 2.81 bits per heavy atom. The molecule has 2 aromatic rings. The molecule has 8 nitrogen and oxygen atoms in total. The summed E-state index contributed by atoms with van der Waals surface area (Å²) in [5.41, 5.74) is 0.431. The number of benzene rings is 1. The van der Waals surface area contributed by atoms with Gasteiger partial charge in [0.15, 0.2) is 0 Å². The lowest BCUT2D eigenvalue weighted by Crippen LogP contribution is -2.12. The zero-order valence-corrected chi connectivity index (χ0v) is 12.2. The van der Waals surface area contributed by atoms with Crippen molar-refractivity contribution in [3.05, 3.63) is 39.7 Å². The summed E-state index contributed by atoms with van der Waals surface area (Å²) in [4.78, 5) is 26.6. The van der Waals surface area contributed by atoms with E-state index in [1.54, 1.807) is 6.92 Å². The molecule has 0 aliphatic rings. The van der Waals surface area contributed by atoms with Crippen LogP contribution in [-0.4, -0.2) is 26.7 Å². The van der Waals surface area contributed by atoms with E-state index in [0.29, 0.717) is 23.2 Å². The van der Waals surface area contributed by atoms with Crippen LogP contribution >= 0.6 is 11.5 Å². The molecule has 21 heavy (non-hydrogen) atoms. The molecule has 9 heteroatoms. The molecule has 1 heterocycles. The van der Waals surface area contributed by atoms with Gasteiger partial charge in [0, 0.05) is 29.7 Å². The Balaban J connectivity index is 2.25. The second-order valence-electron chi connectivity index (χ2n) is 4.12. The minimum atomic E-state index is -0.524. The summed E-state index contributed by atoms with van der Waals surface area (Å²) in [7, 11) is 0. The molecule has 0 fully saturated rings. The van der Waals surface area contributed by atoms with Crippen molar-refractivity contribution < 1.29 is 9.72 Å². The number of amides is 1. The fraction of sp³-hybridized carbons (Fsp3) is 0.250. The Morgan fingerprint density at radius 2 is 2.24 bits per heavy atom. The summed E-state index contributed by atoms with van der Waals surface area (Å²) < 4.78 is 3.95. The number of hydrogen-bond acceptors (Lipinski definition) is 7. The summed E-state index contributed by atoms with van der Waals surface area (Å²) in [5.74, 6) is 0.0982. The van der Waals surface area contributed by atoms with Gasteiger partial charge < -0.3 is 5.32 Å². The summed E-state index contributed by atoms with van der Waals surface area (Å²) in [6.45, 7) is 4.10. The number of carbonyl (C=O) groups excluding carboxylic acids is 1. The van der Waals surface area contributed by atoms with E-state index in [-0.39, 0.29) is 11.3 Å². The van der Waals surface area contributed by atoms with Gasteiger partial charge in [-0.25, -0.2) is 4.98 Å². The largest absolute Gasteiger partial charge is 0.380 e. The molecular formula is C12H13N5O3S. The molecule has 0 saturated heterocycles. The third kappa shape index (κ3) is 3.51. The standard InChI is InChI=1S/C12H13N5O3S/c1-3-13-9-5-4-8(6-10(9)17(19)20)11(18)15-12-14-7(2)16-21-12/h4-6,13H,3H2,1-2H3,(H,14,15,16,18). The molecule has 0 saturated carbocycles. The Morgan fingerprint density at radius 1 is 1.48 bits per heavy atom. The lowest BCUT2D eigenvalue weighted by Gasteiger charge is -2.06. The molecule has 1 aromatic heterocycles. The number of nitro groups is 1. The molecule has 2 N–H and O–H groups in total. The second-order valence-corrected chi connectivity index (χ2v) is 4.87. The molecule has 0 aliphatic heterocycles. The van der Waals surface area contributed by atoms with Gasteiger partial charge in [0.05, 0.1) is 4.92 Å². The number of hydrogen-bond donors (Lipinski definition) is 2.